The molecule has 7 heteroatoms. The molecule has 2 aromatic heterocycles. The SMILES string of the molecule is CCC(C)(C)Cc1c[nH]c(C(Cc2ccc(-c3cnn(C(C)=O)c3)cc2)NC(C)=O)n1. The lowest BCUT2D eigenvalue weighted by molar-refractivity contribution is -0.119. The van der Waals surface area contributed by atoms with Crippen molar-refractivity contribution in [1.29, 1.82) is 0 Å². The lowest BCUT2D eigenvalue weighted by Crippen LogP contribution is -2.28. The number of aromatic amines is 1. The first-order valence-electron chi connectivity index (χ1n) is 10.6. The first-order valence-corrected chi connectivity index (χ1v) is 10.6. The Bertz CT molecular complexity index is 1050. The van der Waals surface area contributed by atoms with E-state index in [1.54, 1.807) is 12.4 Å². The van der Waals surface area contributed by atoms with E-state index in [0.29, 0.717) is 6.42 Å². The van der Waals surface area contributed by atoms with Crippen LogP contribution in [-0.2, 0) is 17.6 Å². The number of nitrogens with one attached hydrogen (secondary N) is 2. The number of carbonyl (C=O) groups excluding carboxylic acids is 2. The van der Waals surface area contributed by atoms with Crippen molar-refractivity contribution in [3.8, 4) is 11.1 Å². The molecule has 1 amide bonds. The van der Waals surface area contributed by atoms with Crippen LogP contribution in [0.4, 0.5) is 0 Å². The topological polar surface area (TPSA) is 92.7 Å². The van der Waals surface area contributed by atoms with Gasteiger partial charge in [0.15, 0.2) is 0 Å². The molecule has 0 aliphatic rings. The molecule has 0 saturated heterocycles. The number of nitrogens with zero attached hydrogens (tertiary/aromatic N) is 3. The van der Waals surface area contributed by atoms with Crippen LogP contribution in [-0.4, -0.2) is 31.6 Å². The highest BCUT2D eigenvalue weighted by molar-refractivity contribution is 5.77. The maximum atomic E-state index is 11.8. The summed E-state index contributed by atoms with van der Waals surface area (Å²) in [5, 5.41) is 7.09. The van der Waals surface area contributed by atoms with Crippen molar-refractivity contribution in [2.45, 2.75) is 59.9 Å². The fraction of sp³-hybridized carbons (Fsp3) is 0.417. The lowest BCUT2D eigenvalue weighted by atomic mass is 9.85. The van der Waals surface area contributed by atoms with Crippen LogP contribution in [0.5, 0.6) is 0 Å². The number of hydrogen-bond acceptors (Lipinski definition) is 4. The quantitative estimate of drug-likeness (QED) is 0.566. The van der Waals surface area contributed by atoms with E-state index < -0.39 is 0 Å². The molecule has 0 spiro atoms. The van der Waals surface area contributed by atoms with Gasteiger partial charge in [-0.25, -0.2) is 9.67 Å². The van der Waals surface area contributed by atoms with Gasteiger partial charge < -0.3 is 10.3 Å². The molecule has 3 aromatic rings. The molecule has 2 heterocycles. The number of hydrogen-bond donors (Lipinski definition) is 2. The maximum Gasteiger partial charge on any atom is 0.243 e. The summed E-state index contributed by atoms with van der Waals surface area (Å²) in [7, 11) is 0. The van der Waals surface area contributed by atoms with Crippen molar-refractivity contribution in [2.75, 3.05) is 0 Å². The van der Waals surface area contributed by atoms with Gasteiger partial charge in [-0.15, -0.1) is 0 Å². The molecule has 1 aromatic carbocycles. The Morgan fingerprint density at radius 3 is 2.45 bits per heavy atom. The van der Waals surface area contributed by atoms with E-state index in [0.717, 1.165) is 41.1 Å². The third-order valence-electron chi connectivity index (χ3n) is 5.61. The Morgan fingerprint density at radius 2 is 1.87 bits per heavy atom. The van der Waals surface area contributed by atoms with Gasteiger partial charge in [-0.1, -0.05) is 51.5 Å². The Hall–Kier alpha value is -3.22. The Morgan fingerprint density at radius 1 is 1.16 bits per heavy atom. The minimum atomic E-state index is -0.234. The molecule has 0 aliphatic carbocycles. The van der Waals surface area contributed by atoms with Crippen LogP contribution in [0.15, 0.2) is 42.9 Å². The highest BCUT2D eigenvalue weighted by Crippen LogP contribution is 2.26. The summed E-state index contributed by atoms with van der Waals surface area (Å²) < 4.78 is 1.32. The van der Waals surface area contributed by atoms with Crippen molar-refractivity contribution in [3.05, 3.63) is 59.9 Å². The van der Waals surface area contributed by atoms with Gasteiger partial charge in [0, 0.05) is 31.8 Å². The number of aromatic nitrogens is 4. The highest BCUT2D eigenvalue weighted by Gasteiger charge is 2.21. The fourth-order valence-electron chi connectivity index (χ4n) is 3.44. The summed E-state index contributed by atoms with van der Waals surface area (Å²) in [6.45, 7) is 9.64. The van der Waals surface area contributed by atoms with Crippen LogP contribution >= 0.6 is 0 Å². The number of carbonyl (C=O) groups is 2. The van der Waals surface area contributed by atoms with E-state index in [1.807, 2.05) is 30.5 Å². The summed E-state index contributed by atoms with van der Waals surface area (Å²) >= 11 is 0. The summed E-state index contributed by atoms with van der Waals surface area (Å²) in [6.07, 6.45) is 7.92. The summed E-state index contributed by atoms with van der Waals surface area (Å²) in [6, 6.07) is 7.82. The molecular weight excluding hydrogens is 390 g/mol. The Balaban J connectivity index is 1.76. The number of rotatable bonds is 8. The van der Waals surface area contributed by atoms with E-state index in [1.165, 1.54) is 18.5 Å². The molecule has 2 N–H and O–H groups in total. The molecule has 7 nitrogen and oxygen atoms in total. The highest BCUT2D eigenvalue weighted by atomic mass is 16.2. The van der Waals surface area contributed by atoms with Crippen LogP contribution in [0.3, 0.4) is 0 Å². The fourth-order valence-corrected chi connectivity index (χ4v) is 3.44. The Kier molecular flexibility index (Phi) is 6.73. The van der Waals surface area contributed by atoms with E-state index in [4.69, 9.17) is 4.98 Å². The van der Waals surface area contributed by atoms with Crippen LogP contribution in [0.25, 0.3) is 11.1 Å². The van der Waals surface area contributed by atoms with Gasteiger partial charge in [0.2, 0.25) is 11.8 Å². The van der Waals surface area contributed by atoms with Crippen LogP contribution in [0.1, 0.15) is 69.0 Å². The average molecular weight is 422 g/mol. The van der Waals surface area contributed by atoms with Crippen LogP contribution in [0.2, 0.25) is 0 Å². The van der Waals surface area contributed by atoms with Gasteiger partial charge in [-0.05, 0) is 29.4 Å². The van der Waals surface area contributed by atoms with Gasteiger partial charge in [-0.3, -0.25) is 9.59 Å². The smallest absolute Gasteiger partial charge is 0.243 e. The van der Waals surface area contributed by atoms with Crippen molar-refractivity contribution in [2.24, 2.45) is 5.41 Å². The van der Waals surface area contributed by atoms with Gasteiger partial charge in [-0.2, -0.15) is 5.10 Å². The van der Waals surface area contributed by atoms with Gasteiger partial charge in [0.05, 0.1) is 17.9 Å². The lowest BCUT2D eigenvalue weighted by Gasteiger charge is -2.21. The van der Waals surface area contributed by atoms with Crippen molar-refractivity contribution >= 4 is 11.8 Å². The molecule has 0 bridgehead atoms. The zero-order valence-corrected chi connectivity index (χ0v) is 18.9. The predicted molar refractivity (Wildman–Crippen MR) is 121 cm³/mol. The molecule has 0 saturated carbocycles. The molecule has 1 unspecified atom stereocenters. The number of imidazole rings is 1. The van der Waals surface area contributed by atoms with Gasteiger partial charge in [0.25, 0.3) is 0 Å². The first kappa shape index (κ1) is 22.5. The monoisotopic (exact) mass is 421 g/mol. The van der Waals surface area contributed by atoms with E-state index in [-0.39, 0.29) is 23.3 Å². The minimum Gasteiger partial charge on any atom is -0.347 e. The average Bonchev–Trinajstić information content (AvgIpc) is 3.37. The second-order valence-electron chi connectivity index (χ2n) is 8.82. The third kappa shape index (κ3) is 5.90. The van der Waals surface area contributed by atoms with E-state index >= 15 is 0 Å². The van der Waals surface area contributed by atoms with E-state index in [9.17, 15) is 9.59 Å². The van der Waals surface area contributed by atoms with Crippen molar-refractivity contribution < 1.29 is 9.59 Å². The Labute approximate surface area is 183 Å². The van der Waals surface area contributed by atoms with Gasteiger partial charge in [0.1, 0.15) is 5.82 Å². The summed E-state index contributed by atoms with van der Waals surface area (Å²) in [4.78, 5) is 31.3. The molecule has 31 heavy (non-hydrogen) atoms. The van der Waals surface area contributed by atoms with Crippen LogP contribution < -0.4 is 5.32 Å². The number of amides is 1. The first-order chi connectivity index (χ1) is 14.7. The molecule has 3 rings (SSSR count). The van der Waals surface area contributed by atoms with Crippen molar-refractivity contribution in [3.63, 3.8) is 0 Å². The second kappa shape index (κ2) is 9.29. The molecule has 164 valence electrons. The minimum absolute atomic E-state index is 0.0925. The normalized spacial score (nSPS) is 12.5. The van der Waals surface area contributed by atoms with Crippen LogP contribution in [0, 0.1) is 5.41 Å². The molecule has 1 atom stereocenters. The molecule has 0 fully saturated rings. The van der Waals surface area contributed by atoms with Gasteiger partial charge >= 0.3 is 0 Å². The summed E-state index contributed by atoms with van der Waals surface area (Å²) in [5.41, 5.74) is 4.13. The largest absolute Gasteiger partial charge is 0.347 e. The van der Waals surface area contributed by atoms with Crippen molar-refractivity contribution in [1.82, 2.24) is 25.1 Å². The predicted octanol–water partition coefficient (Wildman–Crippen LogP) is 4.33. The number of H-pyrrole nitrogens is 1. The molecular formula is C24H31N5O2. The standard InChI is InChI=1S/C24H31N5O2/c1-6-24(4,5)12-21-14-25-23(28-21)22(27-16(2)30)11-18-7-9-19(10-8-18)20-13-26-29(15-20)17(3)31/h7-10,13-15,22H,6,11-12H2,1-5H3,(H,25,28)(H,27,30). The summed E-state index contributed by atoms with van der Waals surface area (Å²) in [5.74, 6) is 0.551. The zero-order chi connectivity index (χ0) is 22.6. The molecule has 0 radical (unpaired) electrons. The van der Waals surface area contributed by atoms with E-state index in [2.05, 4.69) is 36.2 Å². The third-order valence-corrected chi connectivity index (χ3v) is 5.61. The molecule has 0 aliphatic heterocycles. The maximum absolute atomic E-state index is 11.8. The second-order valence-corrected chi connectivity index (χ2v) is 8.82. The zero-order valence-electron chi connectivity index (χ0n) is 18.9. The number of benzene rings is 1.